The van der Waals surface area contributed by atoms with Gasteiger partial charge < -0.3 is 9.47 Å². The van der Waals surface area contributed by atoms with Gasteiger partial charge in [-0.15, -0.1) is 11.6 Å². The Hall–Kier alpha value is -0.980. The van der Waals surface area contributed by atoms with Gasteiger partial charge >= 0.3 is 0 Å². The van der Waals surface area contributed by atoms with Crippen molar-refractivity contribution in [3.63, 3.8) is 0 Å². The molecule has 0 aliphatic carbocycles. The fourth-order valence-corrected chi connectivity index (χ4v) is 2.75. The van der Waals surface area contributed by atoms with Gasteiger partial charge in [-0.05, 0) is 30.7 Å². The Balaban J connectivity index is 2.52. The van der Waals surface area contributed by atoms with Crippen LogP contribution in [-0.2, 0) is 14.8 Å². The van der Waals surface area contributed by atoms with E-state index in [-0.39, 0.29) is 5.75 Å². The normalized spacial score (nSPS) is 11.3. The van der Waals surface area contributed by atoms with E-state index in [4.69, 9.17) is 21.1 Å². The Labute approximate surface area is 118 Å². The first-order chi connectivity index (χ1) is 9.07. The number of halogens is 1. The van der Waals surface area contributed by atoms with Crippen LogP contribution in [0, 0.1) is 0 Å². The van der Waals surface area contributed by atoms with Crippen LogP contribution in [0.3, 0.4) is 0 Å². The van der Waals surface area contributed by atoms with Gasteiger partial charge in [0, 0.05) is 18.7 Å². The van der Waals surface area contributed by atoms with Crippen molar-refractivity contribution in [2.45, 2.75) is 6.42 Å². The number of hydrogen-bond acceptors (Lipinski definition) is 4. The molecule has 0 atom stereocenters. The van der Waals surface area contributed by atoms with Gasteiger partial charge in [0.25, 0.3) is 0 Å². The van der Waals surface area contributed by atoms with Crippen LogP contribution in [0.2, 0.25) is 0 Å². The third-order valence-electron chi connectivity index (χ3n) is 2.23. The van der Waals surface area contributed by atoms with E-state index in [1.807, 2.05) is 0 Å². The molecule has 0 bridgehead atoms. The summed E-state index contributed by atoms with van der Waals surface area (Å²) in [4.78, 5) is 0. The van der Waals surface area contributed by atoms with E-state index in [1.54, 1.807) is 31.4 Å². The standard InChI is InChI=1S/C12H18ClNO4S/c1-17-8-9-18-12-5-3-11(4-6-12)14-19(15,16)10-2-7-13/h3-6,14H,2,7-10H2,1H3. The molecule has 1 aromatic rings. The zero-order valence-corrected chi connectivity index (χ0v) is 12.3. The first-order valence-electron chi connectivity index (χ1n) is 5.85. The molecule has 0 fully saturated rings. The van der Waals surface area contributed by atoms with Gasteiger partial charge in [0.05, 0.1) is 12.4 Å². The molecule has 0 saturated heterocycles. The summed E-state index contributed by atoms with van der Waals surface area (Å²) in [6, 6.07) is 6.71. The number of sulfonamides is 1. The lowest BCUT2D eigenvalue weighted by atomic mass is 10.3. The Morgan fingerprint density at radius 1 is 1.21 bits per heavy atom. The maximum atomic E-state index is 11.6. The summed E-state index contributed by atoms with van der Waals surface area (Å²) in [5, 5.41) is 0. The Morgan fingerprint density at radius 2 is 1.89 bits per heavy atom. The molecule has 1 N–H and O–H groups in total. The highest BCUT2D eigenvalue weighted by atomic mass is 35.5. The van der Waals surface area contributed by atoms with Gasteiger partial charge in [0.15, 0.2) is 0 Å². The molecule has 0 aromatic heterocycles. The molecule has 0 aliphatic rings. The number of alkyl halides is 1. The van der Waals surface area contributed by atoms with E-state index in [2.05, 4.69) is 4.72 Å². The molecular weight excluding hydrogens is 290 g/mol. The van der Waals surface area contributed by atoms with Gasteiger partial charge in [-0.1, -0.05) is 0 Å². The van der Waals surface area contributed by atoms with Crippen LogP contribution in [-0.4, -0.2) is 40.4 Å². The summed E-state index contributed by atoms with van der Waals surface area (Å²) in [6.45, 7) is 0.962. The predicted octanol–water partition coefficient (Wildman–Crippen LogP) is 2.08. The van der Waals surface area contributed by atoms with Gasteiger partial charge in [0.2, 0.25) is 10.0 Å². The van der Waals surface area contributed by atoms with Crippen LogP contribution in [0.25, 0.3) is 0 Å². The van der Waals surface area contributed by atoms with Crippen molar-refractivity contribution in [3.8, 4) is 5.75 Å². The topological polar surface area (TPSA) is 64.6 Å². The van der Waals surface area contributed by atoms with Crippen LogP contribution in [0.5, 0.6) is 5.75 Å². The van der Waals surface area contributed by atoms with Crippen molar-refractivity contribution in [1.82, 2.24) is 0 Å². The molecule has 1 rings (SSSR count). The summed E-state index contributed by atoms with van der Waals surface area (Å²) in [6.07, 6.45) is 0.426. The van der Waals surface area contributed by atoms with E-state index in [9.17, 15) is 8.42 Å². The highest BCUT2D eigenvalue weighted by Gasteiger charge is 2.09. The molecule has 0 saturated carbocycles. The number of anilines is 1. The summed E-state index contributed by atoms with van der Waals surface area (Å²) in [5.41, 5.74) is 0.508. The molecule has 0 amide bonds. The van der Waals surface area contributed by atoms with Crippen molar-refractivity contribution in [2.75, 3.05) is 36.7 Å². The molecule has 0 heterocycles. The van der Waals surface area contributed by atoms with Crippen molar-refractivity contribution < 1.29 is 17.9 Å². The van der Waals surface area contributed by atoms with Gasteiger partial charge in [-0.3, -0.25) is 4.72 Å². The molecule has 0 unspecified atom stereocenters. The van der Waals surface area contributed by atoms with Crippen molar-refractivity contribution in [1.29, 1.82) is 0 Å². The molecule has 19 heavy (non-hydrogen) atoms. The second-order valence-corrected chi connectivity index (χ2v) is 6.05. The van der Waals surface area contributed by atoms with E-state index in [1.165, 1.54) is 0 Å². The minimum atomic E-state index is -3.33. The van der Waals surface area contributed by atoms with E-state index in [0.717, 1.165) is 0 Å². The third kappa shape index (κ3) is 6.66. The number of benzene rings is 1. The largest absolute Gasteiger partial charge is 0.491 e. The van der Waals surface area contributed by atoms with E-state index >= 15 is 0 Å². The highest BCUT2D eigenvalue weighted by molar-refractivity contribution is 7.92. The zero-order valence-electron chi connectivity index (χ0n) is 10.8. The molecule has 7 heteroatoms. The maximum Gasteiger partial charge on any atom is 0.232 e. The second-order valence-electron chi connectivity index (χ2n) is 3.83. The lowest BCUT2D eigenvalue weighted by molar-refractivity contribution is 0.146. The van der Waals surface area contributed by atoms with Crippen molar-refractivity contribution >= 4 is 27.3 Å². The summed E-state index contributed by atoms with van der Waals surface area (Å²) >= 11 is 5.47. The smallest absolute Gasteiger partial charge is 0.232 e. The molecular formula is C12H18ClNO4S. The number of hydrogen-bond donors (Lipinski definition) is 1. The quantitative estimate of drug-likeness (QED) is 0.560. The average molecular weight is 308 g/mol. The first-order valence-corrected chi connectivity index (χ1v) is 8.04. The lowest BCUT2D eigenvalue weighted by Gasteiger charge is -2.09. The second kappa shape index (κ2) is 8.24. The minimum absolute atomic E-state index is 0.0165. The first kappa shape index (κ1) is 16.1. The fourth-order valence-electron chi connectivity index (χ4n) is 1.34. The summed E-state index contributed by atoms with van der Waals surface area (Å²) in [5.74, 6) is 1.01. The van der Waals surface area contributed by atoms with Crippen LogP contribution < -0.4 is 9.46 Å². The fraction of sp³-hybridized carbons (Fsp3) is 0.500. The summed E-state index contributed by atoms with van der Waals surface area (Å²) in [7, 11) is -1.73. The molecule has 108 valence electrons. The van der Waals surface area contributed by atoms with Crippen LogP contribution >= 0.6 is 11.6 Å². The number of ether oxygens (including phenoxy) is 2. The number of rotatable bonds is 9. The molecule has 1 aromatic carbocycles. The Morgan fingerprint density at radius 3 is 2.47 bits per heavy atom. The molecule has 0 aliphatic heterocycles. The minimum Gasteiger partial charge on any atom is -0.491 e. The van der Waals surface area contributed by atoms with E-state index < -0.39 is 10.0 Å². The van der Waals surface area contributed by atoms with Crippen LogP contribution in [0.15, 0.2) is 24.3 Å². The van der Waals surface area contributed by atoms with Gasteiger partial charge in [0.1, 0.15) is 12.4 Å². The highest BCUT2D eigenvalue weighted by Crippen LogP contribution is 2.17. The zero-order chi connectivity index (χ0) is 14.1. The van der Waals surface area contributed by atoms with Crippen molar-refractivity contribution in [2.24, 2.45) is 0 Å². The van der Waals surface area contributed by atoms with Gasteiger partial charge in [-0.25, -0.2) is 8.42 Å². The number of methoxy groups -OCH3 is 1. The van der Waals surface area contributed by atoms with Crippen molar-refractivity contribution in [3.05, 3.63) is 24.3 Å². The molecule has 5 nitrogen and oxygen atoms in total. The molecule has 0 spiro atoms. The third-order valence-corrected chi connectivity index (χ3v) is 3.87. The Kier molecular flexibility index (Phi) is 6.97. The monoisotopic (exact) mass is 307 g/mol. The van der Waals surface area contributed by atoms with E-state index in [0.29, 0.717) is 37.0 Å². The Bertz CT molecular complexity index is 461. The SMILES string of the molecule is COCCOc1ccc(NS(=O)(=O)CCCCl)cc1. The summed E-state index contributed by atoms with van der Waals surface area (Å²) < 4.78 is 36.0. The maximum absolute atomic E-state index is 11.6. The average Bonchev–Trinajstić information content (AvgIpc) is 2.38. The van der Waals surface area contributed by atoms with Crippen LogP contribution in [0.4, 0.5) is 5.69 Å². The van der Waals surface area contributed by atoms with Gasteiger partial charge in [-0.2, -0.15) is 0 Å². The lowest BCUT2D eigenvalue weighted by Crippen LogP contribution is -2.16. The predicted molar refractivity (Wildman–Crippen MR) is 76.6 cm³/mol. The number of nitrogens with one attached hydrogen (secondary N) is 1. The molecule has 0 radical (unpaired) electrons. The van der Waals surface area contributed by atoms with Crippen LogP contribution in [0.1, 0.15) is 6.42 Å².